The Hall–Kier alpha value is -1.32. The smallest absolute Gasteiger partial charge is 0.308 e. The average Bonchev–Trinajstić information content (AvgIpc) is 2.40. The number of hydrogen-bond acceptors (Lipinski definition) is 2. The van der Waals surface area contributed by atoms with Gasteiger partial charge in [0.25, 0.3) is 0 Å². The molecule has 1 saturated carbocycles. The lowest BCUT2D eigenvalue weighted by Gasteiger charge is -2.29. The van der Waals surface area contributed by atoms with Crippen LogP contribution >= 0.6 is 0 Å². The van der Waals surface area contributed by atoms with Crippen LogP contribution in [0.5, 0.6) is 0 Å². The second kappa shape index (κ2) is 6.73. The molecule has 4 nitrogen and oxygen atoms in total. The summed E-state index contributed by atoms with van der Waals surface area (Å²) in [6.07, 6.45) is 10.5. The normalized spacial score (nSPS) is 27.5. The first kappa shape index (κ1) is 14.1. The molecule has 0 heterocycles. The van der Waals surface area contributed by atoms with E-state index in [1.807, 2.05) is 0 Å². The number of hydrogen-bond donors (Lipinski definition) is 2. The van der Waals surface area contributed by atoms with Crippen molar-refractivity contribution in [3.8, 4) is 0 Å². The van der Waals surface area contributed by atoms with Crippen LogP contribution in [0.1, 0.15) is 57.8 Å². The number of nitrogens with one attached hydrogen (secondary N) is 1. The van der Waals surface area contributed by atoms with Crippen molar-refractivity contribution in [2.45, 2.75) is 63.8 Å². The van der Waals surface area contributed by atoms with Crippen LogP contribution in [0.4, 0.5) is 0 Å². The maximum absolute atomic E-state index is 12.0. The van der Waals surface area contributed by atoms with Gasteiger partial charge >= 0.3 is 5.97 Å². The van der Waals surface area contributed by atoms with Crippen molar-refractivity contribution >= 4 is 11.9 Å². The first-order valence-corrected chi connectivity index (χ1v) is 7.37. The molecule has 0 aromatic rings. The van der Waals surface area contributed by atoms with Gasteiger partial charge in [-0.25, -0.2) is 0 Å². The van der Waals surface area contributed by atoms with Gasteiger partial charge in [0.05, 0.1) is 5.92 Å². The Morgan fingerprint density at radius 3 is 2.68 bits per heavy atom. The van der Waals surface area contributed by atoms with Gasteiger partial charge in [-0.15, -0.1) is 0 Å². The zero-order valence-electron chi connectivity index (χ0n) is 11.4. The van der Waals surface area contributed by atoms with Gasteiger partial charge in [0.1, 0.15) is 0 Å². The molecule has 1 amide bonds. The van der Waals surface area contributed by atoms with E-state index in [9.17, 15) is 14.7 Å². The SMILES string of the molecule is O=C(CC1=CCCCC1)NC1CCCCC1C(=O)O. The summed E-state index contributed by atoms with van der Waals surface area (Å²) in [5.41, 5.74) is 1.21. The van der Waals surface area contributed by atoms with Crippen molar-refractivity contribution in [2.75, 3.05) is 0 Å². The highest BCUT2D eigenvalue weighted by Crippen LogP contribution is 2.25. The van der Waals surface area contributed by atoms with Gasteiger partial charge in [-0.05, 0) is 38.5 Å². The van der Waals surface area contributed by atoms with Gasteiger partial charge in [0.2, 0.25) is 5.91 Å². The van der Waals surface area contributed by atoms with E-state index in [-0.39, 0.29) is 11.9 Å². The van der Waals surface area contributed by atoms with Crippen molar-refractivity contribution in [3.63, 3.8) is 0 Å². The van der Waals surface area contributed by atoms with Crippen molar-refractivity contribution in [1.29, 1.82) is 0 Å². The number of rotatable bonds is 4. The molecule has 2 aliphatic rings. The van der Waals surface area contributed by atoms with E-state index in [1.54, 1.807) is 0 Å². The molecule has 0 aromatic carbocycles. The van der Waals surface area contributed by atoms with E-state index in [1.165, 1.54) is 18.4 Å². The second-order valence-electron chi connectivity index (χ2n) is 5.69. The summed E-state index contributed by atoms with van der Waals surface area (Å²) in [6, 6.07) is -0.178. The van der Waals surface area contributed by atoms with Gasteiger partial charge in [0, 0.05) is 12.5 Å². The number of carboxylic acids is 1. The molecule has 1 fully saturated rings. The van der Waals surface area contributed by atoms with Crippen LogP contribution in [0.3, 0.4) is 0 Å². The van der Waals surface area contributed by atoms with Crippen molar-refractivity contribution < 1.29 is 14.7 Å². The fourth-order valence-electron chi connectivity index (χ4n) is 3.13. The van der Waals surface area contributed by atoms with Crippen molar-refractivity contribution in [2.24, 2.45) is 5.92 Å². The highest BCUT2D eigenvalue weighted by Gasteiger charge is 2.31. The van der Waals surface area contributed by atoms with Gasteiger partial charge in [-0.1, -0.05) is 24.5 Å². The molecule has 0 spiro atoms. The fraction of sp³-hybridized carbons (Fsp3) is 0.733. The summed E-state index contributed by atoms with van der Waals surface area (Å²) in [7, 11) is 0. The minimum Gasteiger partial charge on any atom is -0.481 e. The van der Waals surface area contributed by atoms with Crippen LogP contribution in [0, 0.1) is 5.92 Å². The molecule has 106 valence electrons. The Morgan fingerprint density at radius 1 is 1.21 bits per heavy atom. The van der Waals surface area contributed by atoms with E-state index in [2.05, 4.69) is 11.4 Å². The molecule has 0 aliphatic heterocycles. The standard InChI is InChI=1S/C15H23NO3/c17-14(10-11-6-2-1-3-7-11)16-13-9-5-4-8-12(13)15(18)19/h6,12-13H,1-5,7-10H2,(H,16,17)(H,18,19). The zero-order valence-corrected chi connectivity index (χ0v) is 11.4. The molecule has 2 rings (SSSR count). The molecular formula is C15H23NO3. The summed E-state index contributed by atoms with van der Waals surface area (Å²) >= 11 is 0. The average molecular weight is 265 g/mol. The van der Waals surface area contributed by atoms with Gasteiger partial charge in [-0.3, -0.25) is 9.59 Å². The summed E-state index contributed by atoms with van der Waals surface area (Å²) < 4.78 is 0. The molecule has 2 atom stereocenters. The second-order valence-corrected chi connectivity index (χ2v) is 5.69. The lowest BCUT2D eigenvalue weighted by atomic mass is 9.84. The number of allylic oxidation sites excluding steroid dienone is 1. The van der Waals surface area contributed by atoms with Crippen LogP contribution in [-0.2, 0) is 9.59 Å². The molecule has 0 saturated heterocycles. The first-order valence-electron chi connectivity index (χ1n) is 7.37. The van der Waals surface area contributed by atoms with Crippen LogP contribution in [0.2, 0.25) is 0 Å². The van der Waals surface area contributed by atoms with Crippen molar-refractivity contribution in [3.05, 3.63) is 11.6 Å². The van der Waals surface area contributed by atoms with Crippen LogP contribution < -0.4 is 5.32 Å². The summed E-state index contributed by atoms with van der Waals surface area (Å²) in [5.74, 6) is -1.19. The molecule has 2 aliphatic carbocycles. The molecule has 0 aromatic heterocycles. The lowest BCUT2D eigenvalue weighted by molar-refractivity contribution is -0.144. The largest absolute Gasteiger partial charge is 0.481 e. The predicted molar refractivity (Wildman–Crippen MR) is 72.7 cm³/mol. The fourth-order valence-corrected chi connectivity index (χ4v) is 3.13. The highest BCUT2D eigenvalue weighted by molar-refractivity contribution is 5.80. The Kier molecular flexibility index (Phi) is 5.00. The third-order valence-corrected chi connectivity index (χ3v) is 4.20. The van der Waals surface area contributed by atoms with Crippen LogP contribution in [-0.4, -0.2) is 23.0 Å². The topological polar surface area (TPSA) is 66.4 Å². The Bertz CT molecular complexity index is 376. The van der Waals surface area contributed by atoms with Crippen molar-refractivity contribution in [1.82, 2.24) is 5.32 Å². The number of carbonyl (C=O) groups excluding carboxylic acids is 1. The Balaban J connectivity index is 1.86. The molecule has 0 radical (unpaired) electrons. The van der Waals surface area contributed by atoms with Gasteiger partial charge in [0.15, 0.2) is 0 Å². The third-order valence-electron chi connectivity index (χ3n) is 4.20. The molecule has 19 heavy (non-hydrogen) atoms. The van der Waals surface area contributed by atoms with E-state index >= 15 is 0 Å². The van der Waals surface area contributed by atoms with E-state index in [4.69, 9.17) is 0 Å². The number of amides is 1. The molecule has 0 bridgehead atoms. The third kappa shape index (κ3) is 4.08. The molecule has 4 heteroatoms. The maximum atomic E-state index is 12.0. The van der Waals surface area contributed by atoms with Gasteiger partial charge < -0.3 is 10.4 Å². The van der Waals surface area contributed by atoms with E-state index in [0.717, 1.165) is 32.1 Å². The summed E-state index contributed by atoms with van der Waals surface area (Å²) in [4.78, 5) is 23.2. The number of carboxylic acid groups (broad SMARTS) is 1. The zero-order chi connectivity index (χ0) is 13.7. The minimum absolute atomic E-state index is 0.00806. The summed E-state index contributed by atoms with van der Waals surface area (Å²) in [6.45, 7) is 0. The first-order chi connectivity index (χ1) is 9.16. The maximum Gasteiger partial charge on any atom is 0.308 e. The summed E-state index contributed by atoms with van der Waals surface area (Å²) in [5, 5.41) is 12.1. The molecule has 2 N–H and O–H groups in total. The number of carbonyl (C=O) groups is 2. The van der Waals surface area contributed by atoms with Crippen LogP contribution in [0.25, 0.3) is 0 Å². The monoisotopic (exact) mass is 265 g/mol. The van der Waals surface area contributed by atoms with E-state index < -0.39 is 11.9 Å². The minimum atomic E-state index is -0.776. The quantitative estimate of drug-likeness (QED) is 0.768. The number of aliphatic carboxylic acids is 1. The Labute approximate surface area is 114 Å². The van der Waals surface area contributed by atoms with E-state index in [0.29, 0.717) is 12.8 Å². The highest BCUT2D eigenvalue weighted by atomic mass is 16.4. The molecular weight excluding hydrogens is 242 g/mol. The van der Waals surface area contributed by atoms with Gasteiger partial charge in [-0.2, -0.15) is 0 Å². The molecule has 2 unspecified atom stereocenters. The predicted octanol–water partition coefficient (Wildman–Crippen LogP) is 2.64. The van der Waals surface area contributed by atoms with Crippen LogP contribution in [0.15, 0.2) is 11.6 Å². The Morgan fingerprint density at radius 2 is 2.00 bits per heavy atom. The lowest BCUT2D eigenvalue weighted by Crippen LogP contribution is -2.45.